The molecule has 1 amide bonds. The van der Waals surface area contributed by atoms with Crippen LogP contribution in [0.25, 0.3) is 0 Å². The molecule has 0 radical (unpaired) electrons. The molecule has 6 unspecified atom stereocenters. The van der Waals surface area contributed by atoms with Crippen LogP contribution in [0.4, 0.5) is 4.39 Å². The van der Waals surface area contributed by atoms with Crippen molar-refractivity contribution in [1.29, 1.82) is 0 Å². The Kier molecular flexibility index (Phi) is 14.4. The van der Waals surface area contributed by atoms with Gasteiger partial charge in [-0.2, -0.15) is 0 Å². The minimum absolute atomic E-state index is 0.0571. The largest absolute Gasteiger partial charge is 0.489 e. The van der Waals surface area contributed by atoms with Crippen molar-refractivity contribution in [2.75, 3.05) is 33.5 Å². The number of benzene rings is 2. The molecule has 0 bridgehead atoms. The van der Waals surface area contributed by atoms with Crippen molar-refractivity contribution >= 4 is 11.6 Å². The molecule has 6 rings (SSSR count). The molecule has 2 aromatic carbocycles. The SMILES string of the molecule is C=CCOC12Oc3ccc(OCc4ccccc4F)cc3C3C(CCCCO)C(CCCCO)C=C(C(=NOCC)CC1N(C)C(=O)CCC1CCCC1)C32. The van der Waals surface area contributed by atoms with Gasteiger partial charge in [0.15, 0.2) is 0 Å². The van der Waals surface area contributed by atoms with Crippen LogP contribution < -0.4 is 9.47 Å². The first-order valence-corrected chi connectivity index (χ1v) is 20.7. The van der Waals surface area contributed by atoms with Crippen molar-refractivity contribution in [3.63, 3.8) is 0 Å². The molecule has 0 saturated heterocycles. The Morgan fingerprint density at radius 3 is 2.56 bits per heavy atom. The molecule has 2 fully saturated rings. The van der Waals surface area contributed by atoms with Gasteiger partial charge < -0.3 is 34.2 Å². The number of halogens is 1. The molecular formula is C45H61FN2O7. The average molecular weight is 761 g/mol. The highest BCUT2D eigenvalue weighted by Gasteiger charge is 2.65. The number of allylic oxidation sites excluding steroid dienone is 1. The fourth-order valence-corrected chi connectivity index (χ4v) is 9.71. The summed E-state index contributed by atoms with van der Waals surface area (Å²) < 4.78 is 35.1. The molecule has 2 aromatic rings. The summed E-state index contributed by atoms with van der Waals surface area (Å²) >= 11 is 0. The van der Waals surface area contributed by atoms with E-state index in [4.69, 9.17) is 24.2 Å². The lowest BCUT2D eigenvalue weighted by molar-refractivity contribution is -0.255. The Morgan fingerprint density at radius 1 is 1.07 bits per heavy atom. The highest BCUT2D eigenvalue weighted by molar-refractivity contribution is 6.03. The van der Waals surface area contributed by atoms with Crippen molar-refractivity contribution in [3.05, 3.63) is 83.7 Å². The number of fused-ring (bicyclic) bond motifs is 2. The number of hydrogen-bond acceptors (Lipinski definition) is 8. The highest BCUT2D eigenvalue weighted by atomic mass is 19.1. The number of oxime groups is 1. The lowest BCUT2D eigenvalue weighted by atomic mass is 9.55. The number of aliphatic hydroxyl groups excluding tert-OH is 2. The Balaban J connectivity index is 1.49. The Labute approximate surface area is 326 Å². The number of unbranched alkanes of at least 4 members (excludes halogenated alkanes) is 2. The molecular weight excluding hydrogens is 699 g/mol. The number of rotatable bonds is 20. The number of likely N-dealkylation sites (N-methyl/N-ethyl adjacent to an activating group) is 1. The monoisotopic (exact) mass is 760 g/mol. The van der Waals surface area contributed by atoms with Crippen molar-refractivity contribution in [2.24, 2.45) is 28.8 Å². The van der Waals surface area contributed by atoms with Crippen molar-refractivity contribution in [1.82, 2.24) is 4.90 Å². The number of amides is 1. The van der Waals surface area contributed by atoms with Crippen molar-refractivity contribution in [2.45, 2.75) is 115 Å². The molecule has 55 heavy (non-hydrogen) atoms. The summed E-state index contributed by atoms with van der Waals surface area (Å²) in [6.45, 7) is 6.84. The first kappa shape index (κ1) is 40.9. The van der Waals surface area contributed by atoms with Gasteiger partial charge in [0.05, 0.1) is 18.2 Å². The second-order valence-corrected chi connectivity index (χ2v) is 15.8. The standard InChI is InChI=1S/C45H61FN2O7/c1-4-26-53-45-41(48(3)42(51)23-20-31-14-6-7-15-31)29-39(47-54-5-2)36-27-32(16-10-12-24-49)35(18-11-13-25-50)43(44(36)45)37-28-34(21-22-40(37)55-45)52-30-33-17-8-9-19-38(33)46/h4,8-9,17,19,21-22,27-28,31-32,35,41,43-44,49-50H,1,5-7,10-16,18,20,23-26,29-30H2,2-3H3. The van der Waals surface area contributed by atoms with E-state index in [1.54, 1.807) is 24.3 Å². The van der Waals surface area contributed by atoms with Crippen LogP contribution in [0.15, 0.2) is 71.9 Å². The lowest BCUT2D eigenvalue weighted by Crippen LogP contribution is -2.69. The minimum atomic E-state index is -1.28. The fourth-order valence-electron chi connectivity index (χ4n) is 9.71. The Hall–Kier alpha value is -3.73. The zero-order valence-corrected chi connectivity index (χ0v) is 32.8. The van der Waals surface area contributed by atoms with Gasteiger partial charge in [-0.15, -0.1) is 6.58 Å². The molecule has 10 heteroatoms. The van der Waals surface area contributed by atoms with Gasteiger partial charge >= 0.3 is 0 Å². The van der Waals surface area contributed by atoms with Gasteiger partial charge in [-0.1, -0.05) is 74.0 Å². The van der Waals surface area contributed by atoms with E-state index in [2.05, 4.69) is 12.7 Å². The van der Waals surface area contributed by atoms with E-state index in [-0.39, 0.29) is 61.8 Å². The summed E-state index contributed by atoms with van der Waals surface area (Å²) in [5.41, 5.74) is 3.22. The smallest absolute Gasteiger partial charge is 0.239 e. The molecule has 0 spiro atoms. The van der Waals surface area contributed by atoms with E-state index in [1.807, 2.05) is 37.1 Å². The van der Waals surface area contributed by atoms with Crippen LogP contribution in [-0.4, -0.2) is 72.0 Å². The van der Waals surface area contributed by atoms with Crippen LogP contribution in [0.1, 0.15) is 107 Å². The molecule has 3 aliphatic carbocycles. The van der Waals surface area contributed by atoms with E-state index in [0.717, 1.165) is 49.0 Å². The number of nitrogens with zero attached hydrogens (tertiary/aromatic N) is 2. The lowest BCUT2D eigenvalue weighted by Gasteiger charge is -2.59. The van der Waals surface area contributed by atoms with Gasteiger partial charge in [-0.25, -0.2) is 4.39 Å². The average Bonchev–Trinajstić information content (AvgIpc) is 3.73. The van der Waals surface area contributed by atoms with Gasteiger partial charge in [0.2, 0.25) is 11.7 Å². The first-order chi connectivity index (χ1) is 26.8. The molecule has 1 aliphatic heterocycles. The summed E-state index contributed by atoms with van der Waals surface area (Å²) in [5, 5.41) is 24.4. The van der Waals surface area contributed by atoms with E-state index < -0.39 is 11.8 Å². The molecule has 300 valence electrons. The van der Waals surface area contributed by atoms with Gasteiger partial charge in [0.25, 0.3) is 0 Å². The zero-order valence-electron chi connectivity index (χ0n) is 32.8. The minimum Gasteiger partial charge on any atom is -0.489 e. The quantitative estimate of drug-likeness (QED) is 0.0792. The van der Waals surface area contributed by atoms with E-state index in [0.29, 0.717) is 55.3 Å². The van der Waals surface area contributed by atoms with Gasteiger partial charge in [-0.3, -0.25) is 4.79 Å². The second-order valence-electron chi connectivity index (χ2n) is 15.8. The maximum absolute atomic E-state index is 14.6. The number of hydrogen-bond donors (Lipinski definition) is 2. The second kappa shape index (κ2) is 19.4. The van der Waals surface area contributed by atoms with Crippen LogP contribution >= 0.6 is 0 Å². The third-order valence-corrected chi connectivity index (χ3v) is 12.4. The third kappa shape index (κ3) is 9.13. The molecule has 2 saturated carbocycles. The van der Waals surface area contributed by atoms with Gasteiger partial charge in [0, 0.05) is 50.1 Å². The molecule has 4 aliphatic rings. The van der Waals surface area contributed by atoms with Crippen molar-refractivity contribution in [3.8, 4) is 11.5 Å². The Bertz CT molecular complexity index is 1660. The van der Waals surface area contributed by atoms with Gasteiger partial charge in [-0.05, 0) is 86.6 Å². The van der Waals surface area contributed by atoms with Crippen LogP contribution in [-0.2, 0) is 21.0 Å². The maximum atomic E-state index is 14.6. The summed E-state index contributed by atoms with van der Waals surface area (Å²) in [6, 6.07) is 11.9. The summed E-state index contributed by atoms with van der Waals surface area (Å²) in [7, 11) is 1.88. The van der Waals surface area contributed by atoms with E-state index >= 15 is 0 Å². The predicted octanol–water partition coefficient (Wildman–Crippen LogP) is 8.49. The topological polar surface area (TPSA) is 110 Å². The fraction of sp³-hybridized carbons (Fsp3) is 0.600. The third-order valence-electron chi connectivity index (χ3n) is 12.4. The zero-order chi connectivity index (χ0) is 38.8. The van der Waals surface area contributed by atoms with Crippen LogP contribution in [0, 0.1) is 29.5 Å². The number of ether oxygens (including phenoxy) is 3. The van der Waals surface area contributed by atoms with Crippen molar-refractivity contribution < 1.29 is 38.4 Å². The van der Waals surface area contributed by atoms with Crippen LogP contribution in [0.3, 0.4) is 0 Å². The molecule has 0 aromatic heterocycles. The van der Waals surface area contributed by atoms with E-state index in [9.17, 15) is 19.4 Å². The normalized spacial score (nSPS) is 26.5. The number of carbonyl (C=O) groups excluding carboxylic acids is 1. The molecule has 2 N–H and O–H groups in total. The first-order valence-electron chi connectivity index (χ1n) is 20.7. The predicted molar refractivity (Wildman–Crippen MR) is 211 cm³/mol. The number of carbonyl (C=O) groups is 1. The Morgan fingerprint density at radius 2 is 1.84 bits per heavy atom. The molecule has 9 nitrogen and oxygen atoms in total. The van der Waals surface area contributed by atoms with Gasteiger partial charge in [0.1, 0.15) is 36.6 Å². The summed E-state index contributed by atoms with van der Waals surface area (Å²) in [5.74, 6) is 0.00158. The molecule has 1 heterocycles. The summed E-state index contributed by atoms with van der Waals surface area (Å²) in [4.78, 5) is 21.9. The maximum Gasteiger partial charge on any atom is 0.239 e. The number of aliphatic hydroxyl groups is 2. The molecule has 6 atom stereocenters. The van der Waals surface area contributed by atoms with Crippen LogP contribution in [0.2, 0.25) is 0 Å². The summed E-state index contributed by atoms with van der Waals surface area (Å²) in [6.07, 6.45) is 15.4. The van der Waals surface area contributed by atoms with E-state index in [1.165, 1.54) is 31.7 Å². The highest BCUT2D eigenvalue weighted by Crippen LogP contribution is 2.62. The van der Waals surface area contributed by atoms with Crippen LogP contribution in [0.5, 0.6) is 11.5 Å².